The number of carbonyl (C=O) groups is 3. The fourth-order valence-corrected chi connectivity index (χ4v) is 4.85. The van der Waals surface area contributed by atoms with Crippen LogP contribution in [0.3, 0.4) is 0 Å². The lowest BCUT2D eigenvalue weighted by atomic mass is 9.78. The molecule has 4 atom stereocenters. The molecule has 0 bridgehead atoms. The van der Waals surface area contributed by atoms with Crippen LogP contribution in [0.5, 0.6) is 0 Å². The highest BCUT2D eigenvalue weighted by Crippen LogP contribution is 2.50. The van der Waals surface area contributed by atoms with Gasteiger partial charge in [-0.3, -0.25) is 24.6 Å². The number of nitrogens with zero attached hydrogens (tertiary/aromatic N) is 1. The molecule has 1 N–H and O–H groups in total. The molecule has 1 aromatic rings. The number of carbonyl (C=O) groups excluding carboxylic acids is 3. The van der Waals surface area contributed by atoms with Crippen molar-refractivity contribution in [1.29, 1.82) is 0 Å². The Morgan fingerprint density at radius 1 is 1.37 bits per heavy atom. The molecule has 0 aromatic heterocycles. The molecule has 0 unspecified atom stereocenters. The van der Waals surface area contributed by atoms with E-state index < -0.39 is 35.2 Å². The number of benzene rings is 1. The van der Waals surface area contributed by atoms with Crippen LogP contribution >= 0.6 is 11.8 Å². The Morgan fingerprint density at radius 2 is 2.11 bits per heavy atom. The predicted molar refractivity (Wildman–Crippen MR) is 99.4 cm³/mol. The molecule has 2 saturated heterocycles. The Hall–Kier alpha value is -1.93. The van der Waals surface area contributed by atoms with E-state index in [4.69, 9.17) is 4.74 Å². The number of halogens is 1. The van der Waals surface area contributed by atoms with E-state index >= 15 is 0 Å². The monoisotopic (exact) mass is 394 g/mol. The lowest BCUT2D eigenvalue weighted by Gasteiger charge is -2.32. The average Bonchev–Trinajstić information content (AvgIpc) is 3.14. The number of likely N-dealkylation sites (tertiary alicyclic amines) is 1. The zero-order valence-corrected chi connectivity index (χ0v) is 16.3. The van der Waals surface area contributed by atoms with E-state index in [2.05, 4.69) is 5.32 Å². The maximum Gasteiger partial charge on any atom is 0.326 e. The van der Waals surface area contributed by atoms with E-state index in [-0.39, 0.29) is 18.4 Å². The van der Waals surface area contributed by atoms with Crippen LogP contribution in [0, 0.1) is 17.7 Å². The number of ether oxygens (including phenoxy) is 1. The molecule has 146 valence electrons. The van der Waals surface area contributed by atoms with Crippen molar-refractivity contribution in [3.05, 3.63) is 35.6 Å². The molecule has 2 fully saturated rings. The molecular formula is C19H23FN2O4S. The number of hydrogen-bond donors (Lipinski definition) is 1. The zero-order valence-electron chi connectivity index (χ0n) is 15.5. The van der Waals surface area contributed by atoms with E-state index in [0.717, 1.165) is 0 Å². The molecule has 2 amide bonds. The summed E-state index contributed by atoms with van der Waals surface area (Å²) in [4.78, 5) is 40.1. The minimum absolute atomic E-state index is 0.236. The summed E-state index contributed by atoms with van der Waals surface area (Å²) < 4.78 is 18.9. The summed E-state index contributed by atoms with van der Waals surface area (Å²) in [6, 6.07) is 5.27. The van der Waals surface area contributed by atoms with Crippen LogP contribution in [0.25, 0.3) is 0 Å². The second-order valence-corrected chi connectivity index (χ2v) is 7.79. The molecular weight excluding hydrogens is 371 g/mol. The molecule has 1 aromatic carbocycles. The fourth-order valence-electron chi connectivity index (χ4n) is 4.33. The topological polar surface area (TPSA) is 75.7 Å². The Morgan fingerprint density at radius 3 is 2.70 bits per heavy atom. The van der Waals surface area contributed by atoms with Gasteiger partial charge in [-0.1, -0.05) is 12.1 Å². The van der Waals surface area contributed by atoms with Crippen LogP contribution in [0.1, 0.15) is 24.9 Å². The summed E-state index contributed by atoms with van der Waals surface area (Å²) in [6.45, 7) is 1.96. The minimum atomic E-state index is -1.31. The SMILES string of the molecule is CCN1C(=O)[C@H]2[C@@H](C1=O)[C@](CCSC)(C(=O)OC)N[C@H]2c1cccc(F)c1. The van der Waals surface area contributed by atoms with Crippen molar-refractivity contribution in [2.75, 3.05) is 25.7 Å². The van der Waals surface area contributed by atoms with E-state index in [1.807, 2.05) is 6.26 Å². The second-order valence-electron chi connectivity index (χ2n) is 6.81. The van der Waals surface area contributed by atoms with Gasteiger partial charge in [-0.05, 0) is 43.0 Å². The van der Waals surface area contributed by atoms with Crippen molar-refractivity contribution >= 4 is 29.5 Å². The molecule has 0 saturated carbocycles. The van der Waals surface area contributed by atoms with E-state index in [1.54, 1.807) is 19.1 Å². The van der Waals surface area contributed by atoms with Crippen molar-refractivity contribution in [2.24, 2.45) is 11.8 Å². The Labute approximate surface area is 161 Å². The lowest BCUT2D eigenvalue weighted by Crippen LogP contribution is -2.56. The second kappa shape index (κ2) is 7.59. The van der Waals surface area contributed by atoms with Gasteiger partial charge < -0.3 is 4.74 Å². The van der Waals surface area contributed by atoms with Gasteiger partial charge in [0.2, 0.25) is 11.8 Å². The number of rotatable bonds is 6. The van der Waals surface area contributed by atoms with Crippen LogP contribution in [0.4, 0.5) is 4.39 Å². The average molecular weight is 394 g/mol. The first-order valence-electron chi connectivity index (χ1n) is 8.87. The van der Waals surface area contributed by atoms with Gasteiger partial charge in [-0.15, -0.1) is 0 Å². The van der Waals surface area contributed by atoms with Gasteiger partial charge in [0.15, 0.2) is 0 Å². The number of amides is 2. The van der Waals surface area contributed by atoms with Gasteiger partial charge in [0, 0.05) is 12.6 Å². The number of hydrogen-bond acceptors (Lipinski definition) is 6. The fraction of sp³-hybridized carbons (Fsp3) is 0.526. The van der Waals surface area contributed by atoms with Crippen LogP contribution < -0.4 is 5.32 Å². The van der Waals surface area contributed by atoms with E-state index in [1.165, 1.54) is 35.9 Å². The van der Waals surface area contributed by atoms with Gasteiger partial charge >= 0.3 is 5.97 Å². The van der Waals surface area contributed by atoms with E-state index in [0.29, 0.717) is 17.7 Å². The molecule has 6 nitrogen and oxygen atoms in total. The van der Waals surface area contributed by atoms with Crippen molar-refractivity contribution in [1.82, 2.24) is 10.2 Å². The zero-order chi connectivity index (χ0) is 19.8. The highest BCUT2D eigenvalue weighted by Gasteiger charge is 2.68. The number of methoxy groups -OCH3 is 1. The summed E-state index contributed by atoms with van der Waals surface area (Å²) in [5.41, 5.74) is -0.769. The third-order valence-electron chi connectivity index (χ3n) is 5.52. The highest BCUT2D eigenvalue weighted by molar-refractivity contribution is 7.98. The molecule has 0 aliphatic carbocycles. The Balaban J connectivity index is 2.14. The smallest absolute Gasteiger partial charge is 0.326 e. The van der Waals surface area contributed by atoms with Gasteiger partial charge in [-0.2, -0.15) is 11.8 Å². The summed E-state index contributed by atoms with van der Waals surface area (Å²) >= 11 is 1.54. The van der Waals surface area contributed by atoms with Crippen LogP contribution in [-0.2, 0) is 19.1 Å². The van der Waals surface area contributed by atoms with Crippen molar-refractivity contribution in [3.8, 4) is 0 Å². The van der Waals surface area contributed by atoms with Crippen molar-refractivity contribution in [2.45, 2.75) is 24.9 Å². The molecule has 2 aliphatic rings. The number of imide groups is 1. The maximum atomic E-state index is 13.8. The van der Waals surface area contributed by atoms with Gasteiger partial charge in [0.05, 0.1) is 18.9 Å². The normalized spacial score (nSPS) is 29.9. The largest absolute Gasteiger partial charge is 0.468 e. The molecule has 8 heteroatoms. The number of nitrogens with one attached hydrogen (secondary N) is 1. The number of esters is 1. The van der Waals surface area contributed by atoms with Crippen LogP contribution in [0.15, 0.2) is 24.3 Å². The molecule has 0 radical (unpaired) electrons. The molecule has 27 heavy (non-hydrogen) atoms. The summed E-state index contributed by atoms with van der Waals surface area (Å²) in [5, 5.41) is 3.22. The minimum Gasteiger partial charge on any atom is -0.468 e. The molecule has 0 spiro atoms. The van der Waals surface area contributed by atoms with E-state index in [9.17, 15) is 18.8 Å². The van der Waals surface area contributed by atoms with Crippen LogP contribution in [-0.4, -0.2) is 53.9 Å². The lowest BCUT2D eigenvalue weighted by molar-refractivity contribution is -0.154. The first-order valence-corrected chi connectivity index (χ1v) is 10.3. The number of fused-ring (bicyclic) bond motifs is 1. The van der Waals surface area contributed by atoms with Gasteiger partial charge in [0.25, 0.3) is 0 Å². The third kappa shape index (κ3) is 3.04. The number of thioether (sulfide) groups is 1. The highest BCUT2D eigenvalue weighted by atomic mass is 32.2. The van der Waals surface area contributed by atoms with Crippen molar-refractivity contribution in [3.63, 3.8) is 0 Å². The summed E-state index contributed by atoms with van der Waals surface area (Å²) in [5.74, 6) is -2.72. The van der Waals surface area contributed by atoms with Gasteiger partial charge in [0.1, 0.15) is 11.4 Å². The van der Waals surface area contributed by atoms with Crippen LogP contribution in [0.2, 0.25) is 0 Å². The van der Waals surface area contributed by atoms with Gasteiger partial charge in [-0.25, -0.2) is 4.39 Å². The molecule has 2 aliphatic heterocycles. The van der Waals surface area contributed by atoms with Crippen molar-refractivity contribution < 1.29 is 23.5 Å². The Kier molecular flexibility index (Phi) is 5.58. The quantitative estimate of drug-likeness (QED) is 0.585. The first kappa shape index (κ1) is 19.8. The first-order chi connectivity index (χ1) is 12.9. The third-order valence-corrected chi connectivity index (χ3v) is 6.13. The molecule has 2 heterocycles. The maximum absolute atomic E-state index is 13.8. The summed E-state index contributed by atoms with van der Waals surface area (Å²) in [6.07, 6.45) is 2.24. The standard InChI is InChI=1S/C19H23FN2O4S/c1-4-22-16(23)13-14(17(22)24)19(8-9-27-3,18(25)26-2)21-15(13)11-6-5-7-12(20)10-11/h5-7,10,13-15,21H,4,8-9H2,1-3H3/t13-,14-,15-,19+/m0/s1. The Bertz CT molecular complexity index is 774. The summed E-state index contributed by atoms with van der Waals surface area (Å²) in [7, 11) is 1.27. The molecule has 3 rings (SSSR count). The predicted octanol–water partition coefficient (Wildman–Crippen LogP) is 1.76.